The lowest BCUT2D eigenvalue weighted by atomic mass is 9.45. The number of carbonyl (C=O) groups is 2. The Morgan fingerprint density at radius 3 is 2.50 bits per heavy atom. The zero-order valence-electron chi connectivity index (χ0n) is 15.5. The average molecular weight is 332 g/mol. The van der Waals surface area contributed by atoms with E-state index in [1.165, 1.54) is 32.6 Å². The van der Waals surface area contributed by atoms with E-state index in [2.05, 4.69) is 13.8 Å². The van der Waals surface area contributed by atoms with Gasteiger partial charge in [-0.2, -0.15) is 0 Å². The van der Waals surface area contributed by atoms with Crippen molar-refractivity contribution in [3.63, 3.8) is 0 Å². The monoisotopic (exact) mass is 332 g/mol. The van der Waals surface area contributed by atoms with E-state index in [-0.39, 0.29) is 22.9 Å². The second kappa shape index (κ2) is 5.57. The average Bonchev–Trinajstić information content (AvgIpc) is 2.84. The van der Waals surface area contributed by atoms with Crippen LogP contribution in [0.3, 0.4) is 0 Å². The van der Waals surface area contributed by atoms with Crippen LogP contribution in [0.25, 0.3) is 0 Å². The lowest BCUT2D eigenvalue weighted by Gasteiger charge is -2.59. The maximum Gasteiger partial charge on any atom is 0.302 e. The number of ether oxygens (including phenoxy) is 1. The van der Waals surface area contributed by atoms with Gasteiger partial charge in [-0.3, -0.25) is 9.59 Å². The predicted octanol–water partition coefficient (Wildman–Crippen LogP) is 4.53. The van der Waals surface area contributed by atoms with Gasteiger partial charge in [0.05, 0.1) is 0 Å². The van der Waals surface area contributed by atoms with Crippen LogP contribution in [0.4, 0.5) is 0 Å². The van der Waals surface area contributed by atoms with Crippen LogP contribution in [-0.4, -0.2) is 17.9 Å². The van der Waals surface area contributed by atoms with Gasteiger partial charge in [-0.25, -0.2) is 0 Å². The summed E-state index contributed by atoms with van der Waals surface area (Å²) < 4.78 is 5.70. The van der Waals surface area contributed by atoms with Crippen molar-refractivity contribution in [1.29, 1.82) is 0 Å². The van der Waals surface area contributed by atoms with Crippen molar-refractivity contribution in [3.05, 3.63) is 0 Å². The molecule has 4 fully saturated rings. The molecule has 0 radical (unpaired) electrons. The van der Waals surface area contributed by atoms with E-state index < -0.39 is 0 Å². The smallest absolute Gasteiger partial charge is 0.302 e. The third-order valence-electron chi connectivity index (χ3n) is 8.59. The molecule has 0 saturated heterocycles. The van der Waals surface area contributed by atoms with Crippen LogP contribution in [0.1, 0.15) is 78.6 Å². The highest BCUT2D eigenvalue weighted by Crippen LogP contribution is 2.65. The molecule has 4 aliphatic carbocycles. The fourth-order valence-corrected chi connectivity index (χ4v) is 7.44. The number of carbonyl (C=O) groups excluding carboxylic acids is 2. The Balaban J connectivity index is 1.63. The van der Waals surface area contributed by atoms with E-state index in [0.29, 0.717) is 29.5 Å². The molecule has 0 amide bonds. The second-order valence-corrected chi connectivity index (χ2v) is 9.57. The third kappa shape index (κ3) is 2.22. The Morgan fingerprint density at radius 2 is 1.75 bits per heavy atom. The van der Waals surface area contributed by atoms with Gasteiger partial charge in [0.1, 0.15) is 11.9 Å². The number of esters is 1. The molecule has 3 heteroatoms. The molecule has 24 heavy (non-hydrogen) atoms. The molecule has 0 unspecified atom stereocenters. The summed E-state index contributed by atoms with van der Waals surface area (Å²) in [6.45, 7) is 6.28. The van der Waals surface area contributed by atoms with Crippen molar-refractivity contribution in [2.45, 2.75) is 84.7 Å². The first kappa shape index (κ1) is 16.6. The first-order chi connectivity index (χ1) is 11.4. The van der Waals surface area contributed by atoms with Crippen LogP contribution < -0.4 is 0 Å². The Morgan fingerprint density at radius 1 is 1.00 bits per heavy atom. The van der Waals surface area contributed by atoms with Crippen molar-refractivity contribution in [3.8, 4) is 0 Å². The first-order valence-electron chi connectivity index (χ1n) is 10.1. The lowest BCUT2D eigenvalue weighted by Crippen LogP contribution is -2.56. The highest BCUT2D eigenvalue weighted by Gasteiger charge is 2.62. The van der Waals surface area contributed by atoms with Crippen molar-refractivity contribution in [2.24, 2.45) is 34.5 Å². The number of fused-ring (bicyclic) bond motifs is 5. The van der Waals surface area contributed by atoms with Crippen LogP contribution >= 0.6 is 0 Å². The standard InChI is InChI=1S/C21H32O3/c1-13(22)24-19-8-7-15-14-12-18(23)17-6-4-5-10-20(17,2)16(14)9-11-21(15,19)3/h14-17,19H,4-12H2,1-3H3/t14-,15-,16-,17+,19+,20+,21-/m0/s1. The van der Waals surface area contributed by atoms with Crippen molar-refractivity contribution in [2.75, 3.05) is 0 Å². The van der Waals surface area contributed by atoms with E-state index >= 15 is 0 Å². The van der Waals surface area contributed by atoms with Gasteiger partial charge in [0.2, 0.25) is 0 Å². The van der Waals surface area contributed by atoms with Crippen molar-refractivity contribution in [1.82, 2.24) is 0 Å². The topological polar surface area (TPSA) is 43.4 Å². The summed E-state index contributed by atoms with van der Waals surface area (Å²) in [5, 5.41) is 0. The highest BCUT2D eigenvalue weighted by atomic mass is 16.5. The van der Waals surface area contributed by atoms with Gasteiger partial charge in [0, 0.05) is 24.7 Å². The molecule has 0 N–H and O–H groups in total. The molecule has 0 heterocycles. The number of ketones is 1. The molecule has 0 aliphatic heterocycles. The van der Waals surface area contributed by atoms with Crippen LogP contribution in [0, 0.1) is 34.5 Å². The summed E-state index contributed by atoms with van der Waals surface area (Å²) in [4.78, 5) is 24.5. The molecule has 0 aromatic carbocycles. The number of rotatable bonds is 1. The van der Waals surface area contributed by atoms with Crippen molar-refractivity contribution < 1.29 is 14.3 Å². The minimum Gasteiger partial charge on any atom is -0.462 e. The van der Waals surface area contributed by atoms with E-state index in [1.807, 2.05) is 0 Å². The summed E-state index contributed by atoms with van der Waals surface area (Å²) in [6.07, 6.45) is 10.2. The molecule has 134 valence electrons. The maximum atomic E-state index is 13.0. The summed E-state index contributed by atoms with van der Waals surface area (Å²) in [7, 11) is 0. The molecule has 4 rings (SSSR count). The largest absolute Gasteiger partial charge is 0.462 e. The predicted molar refractivity (Wildman–Crippen MR) is 92.3 cm³/mol. The molecule has 7 atom stereocenters. The minimum absolute atomic E-state index is 0.0629. The highest BCUT2D eigenvalue weighted by molar-refractivity contribution is 5.83. The minimum atomic E-state index is -0.150. The molecular formula is C21H32O3. The van der Waals surface area contributed by atoms with Crippen LogP contribution in [0.2, 0.25) is 0 Å². The molecule has 4 aliphatic rings. The Kier molecular flexibility index (Phi) is 3.85. The number of hydrogen-bond donors (Lipinski definition) is 0. The summed E-state index contributed by atoms with van der Waals surface area (Å²) >= 11 is 0. The van der Waals surface area contributed by atoms with Gasteiger partial charge in [0.25, 0.3) is 0 Å². The zero-order valence-corrected chi connectivity index (χ0v) is 15.5. The molecule has 0 spiro atoms. The summed E-state index contributed by atoms with van der Waals surface area (Å²) in [6, 6.07) is 0. The normalized spacial score (nSPS) is 50.6. The molecule has 4 saturated carbocycles. The Bertz CT molecular complexity index is 555. The summed E-state index contributed by atoms with van der Waals surface area (Å²) in [5.41, 5.74) is 0.323. The fraction of sp³-hybridized carbons (Fsp3) is 0.905. The van der Waals surface area contributed by atoms with E-state index in [9.17, 15) is 9.59 Å². The van der Waals surface area contributed by atoms with Gasteiger partial charge in [0.15, 0.2) is 0 Å². The quantitative estimate of drug-likeness (QED) is 0.663. The van der Waals surface area contributed by atoms with E-state index in [1.54, 1.807) is 0 Å². The van der Waals surface area contributed by atoms with E-state index in [4.69, 9.17) is 4.74 Å². The van der Waals surface area contributed by atoms with Crippen molar-refractivity contribution >= 4 is 11.8 Å². The van der Waals surface area contributed by atoms with E-state index in [0.717, 1.165) is 32.1 Å². The van der Waals surface area contributed by atoms with Crippen LogP contribution in [0.15, 0.2) is 0 Å². The maximum absolute atomic E-state index is 13.0. The van der Waals surface area contributed by atoms with Crippen LogP contribution in [0.5, 0.6) is 0 Å². The Labute approximate surface area is 145 Å². The first-order valence-corrected chi connectivity index (χ1v) is 10.1. The third-order valence-corrected chi connectivity index (χ3v) is 8.59. The van der Waals surface area contributed by atoms with Gasteiger partial charge in [-0.05, 0) is 61.7 Å². The van der Waals surface area contributed by atoms with Gasteiger partial charge >= 0.3 is 5.97 Å². The molecule has 0 aromatic heterocycles. The molecule has 0 bridgehead atoms. The molecule has 3 nitrogen and oxygen atoms in total. The molecule has 0 aromatic rings. The van der Waals surface area contributed by atoms with Crippen LogP contribution in [-0.2, 0) is 14.3 Å². The van der Waals surface area contributed by atoms with Gasteiger partial charge in [-0.15, -0.1) is 0 Å². The number of Topliss-reactive ketones (excluding diaryl/α,β-unsaturated/α-hetero) is 1. The second-order valence-electron chi connectivity index (χ2n) is 9.57. The number of hydrogen-bond acceptors (Lipinski definition) is 3. The SMILES string of the molecule is CC(=O)O[C@@H]1CC[C@H]2[C@@H]3CC(=O)[C@H]4CCCC[C@]4(C)[C@H]3CC[C@]12C. The zero-order chi connectivity index (χ0) is 17.1. The molecular weight excluding hydrogens is 300 g/mol. The fourth-order valence-electron chi connectivity index (χ4n) is 7.44. The lowest BCUT2D eigenvalue weighted by molar-refractivity contribution is -0.166. The summed E-state index contributed by atoms with van der Waals surface area (Å²) in [5.74, 6) is 2.50. The Hall–Kier alpha value is -0.860. The van der Waals surface area contributed by atoms with Gasteiger partial charge in [-0.1, -0.05) is 26.7 Å². The van der Waals surface area contributed by atoms with Gasteiger partial charge < -0.3 is 4.74 Å².